The summed E-state index contributed by atoms with van der Waals surface area (Å²) in [6.45, 7) is 6.67. The number of aromatic nitrogens is 2. The lowest BCUT2D eigenvalue weighted by atomic mass is 10.0. The molecule has 0 spiro atoms. The highest BCUT2D eigenvalue weighted by atomic mass is 35.5. The number of benzene rings is 1. The number of amides is 1. The van der Waals surface area contributed by atoms with Crippen LogP contribution in [0.25, 0.3) is 5.69 Å². The van der Waals surface area contributed by atoms with E-state index in [9.17, 15) is 4.79 Å². The Hall–Kier alpha value is -2.15. The van der Waals surface area contributed by atoms with E-state index in [0.717, 1.165) is 59.2 Å². The van der Waals surface area contributed by atoms with E-state index in [1.807, 2.05) is 61.0 Å². The van der Waals surface area contributed by atoms with E-state index in [1.165, 1.54) is 0 Å². The van der Waals surface area contributed by atoms with Gasteiger partial charge in [-0.1, -0.05) is 29.8 Å². The summed E-state index contributed by atoms with van der Waals surface area (Å²) in [6.07, 6.45) is 1.89. The van der Waals surface area contributed by atoms with Gasteiger partial charge in [-0.2, -0.15) is 5.10 Å². The van der Waals surface area contributed by atoms with Crippen molar-refractivity contribution in [3.63, 3.8) is 0 Å². The van der Waals surface area contributed by atoms with Gasteiger partial charge in [0.2, 0.25) is 0 Å². The molecule has 3 heterocycles. The number of hydrogen-bond donors (Lipinski definition) is 1. The number of carbonyl (C=O) groups is 1. The highest BCUT2D eigenvalue weighted by molar-refractivity contribution is 7.13. The van der Waals surface area contributed by atoms with Gasteiger partial charge in [-0.15, -0.1) is 11.3 Å². The number of halogens is 1. The first-order valence-corrected chi connectivity index (χ1v) is 11.1. The number of para-hydroxylation sites is 1. The molecule has 0 saturated carbocycles. The molecule has 0 unspecified atom stereocenters. The summed E-state index contributed by atoms with van der Waals surface area (Å²) in [7, 11) is 0. The Morgan fingerprint density at radius 3 is 2.55 bits per heavy atom. The van der Waals surface area contributed by atoms with Gasteiger partial charge < -0.3 is 5.32 Å². The van der Waals surface area contributed by atoms with Crippen molar-refractivity contribution < 1.29 is 4.79 Å². The van der Waals surface area contributed by atoms with Gasteiger partial charge in [-0.3, -0.25) is 9.69 Å². The Bertz CT molecular complexity index is 990. The molecule has 0 atom stereocenters. The predicted molar refractivity (Wildman–Crippen MR) is 118 cm³/mol. The van der Waals surface area contributed by atoms with Gasteiger partial charge in [0, 0.05) is 36.1 Å². The molecule has 5 nitrogen and oxygen atoms in total. The van der Waals surface area contributed by atoms with E-state index in [1.54, 1.807) is 11.3 Å². The fourth-order valence-corrected chi connectivity index (χ4v) is 4.83. The summed E-state index contributed by atoms with van der Waals surface area (Å²) in [6, 6.07) is 14.1. The van der Waals surface area contributed by atoms with Gasteiger partial charge in [-0.25, -0.2) is 4.68 Å². The molecule has 1 N–H and O–H groups in total. The first-order valence-electron chi connectivity index (χ1n) is 9.90. The number of piperidine rings is 1. The third kappa shape index (κ3) is 4.55. The number of likely N-dealkylation sites (tertiary alicyclic amines) is 1. The number of thiophene rings is 1. The maximum Gasteiger partial charge on any atom is 0.261 e. The van der Waals surface area contributed by atoms with E-state index in [4.69, 9.17) is 11.6 Å². The minimum atomic E-state index is 0.0459. The van der Waals surface area contributed by atoms with Crippen LogP contribution in [0.2, 0.25) is 5.15 Å². The third-order valence-corrected chi connectivity index (χ3v) is 6.78. The van der Waals surface area contributed by atoms with Crippen molar-refractivity contribution in [2.45, 2.75) is 39.3 Å². The van der Waals surface area contributed by atoms with E-state index in [-0.39, 0.29) is 11.9 Å². The molecule has 0 bridgehead atoms. The number of nitrogens with zero attached hydrogens (tertiary/aromatic N) is 3. The molecule has 1 aromatic carbocycles. The fourth-order valence-electron chi connectivity index (χ4n) is 3.72. The second kappa shape index (κ2) is 8.69. The molecule has 3 aromatic rings. The Kier molecular flexibility index (Phi) is 6.04. The van der Waals surface area contributed by atoms with Crippen LogP contribution in [-0.4, -0.2) is 39.7 Å². The average molecular weight is 429 g/mol. The van der Waals surface area contributed by atoms with Crippen molar-refractivity contribution in [2.75, 3.05) is 13.1 Å². The lowest BCUT2D eigenvalue weighted by Gasteiger charge is -2.32. The Morgan fingerprint density at radius 2 is 1.90 bits per heavy atom. The van der Waals surface area contributed by atoms with Crippen LogP contribution in [0.4, 0.5) is 0 Å². The van der Waals surface area contributed by atoms with E-state index < -0.39 is 0 Å². The second-order valence-corrected chi connectivity index (χ2v) is 9.18. The van der Waals surface area contributed by atoms with Gasteiger partial charge in [0.15, 0.2) is 0 Å². The van der Waals surface area contributed by atoms with Crippen molar-refractivity contribution >= 4 is 28.8 Å². The van der Waals surface area contributed by atoms with Gasteiger partial charge in [0.25, 0.3) is 5.91 Å². The number of aryl methyl sites for hydroxylation is 2. The molecule has 1 saturated heterocycles. The van der Waals surface area contributed by atoms with Crippen LogP contribution >= 0.6 is 22.9 Å². The van der Waals surface area contributed by atoms with Gasteiger partial charge in [0.1, 0.15) is 5.15 Å². The molecule has 7 heteroatoms. The SMILES string of the molecule is Cc1ccc(C(=O)NC2CCN(Cc3c(C)nn(-c4ccccc4)c3Cl)CC2)s1. The van der Waals surface area contributed by atoms with E-state index in [0.29, 0.717) is 5.15 Å². The largest absolute Gasteiger partial charge is 0.349 e. The predicted octanol–water partition coefficient (Wildman–Crippen LogP) is 4.60. The molecule has 0 aliphatic carbocycles. The lowest BCUT2D eigenvalue weighted by Crippen LogP contribution is -2.44. The molecule has 4 rings (SSSR count). The maximum atomic E-state index is 12.4. The molecular weight excluding hydrogens is 404 g/mol. The minimum Gasteiger partial charge on any atom is -0.349 e. The first kappa shape index (κ1) is 20.1. The fraction of sp³-hybridized carbons (Fsp3) is 0.364. The van der Waals surface area contributed by atoms with Gasteiger partial charge in [0.05, 0.1) is 16.3 Å². The Balaban J connectivity index is 1.35. The van der Waals surface area contributed by atoms with Crippen LogP contribution in [0.1, 0.15) is 38.6 Å². The smallest absolute Gasteiger partial charge is 0.261 e. The van der Waals surface area contributed by atoms with Crippen molar-refractivity contribution in [3.8, 4) is 5.69 Å². The molecule has 29 heavy (non-hydrogen) atoms. The minimum absolute atomic E-state index is 0.0459. The molecule has 2 aromatic heterocycles. The molecule has 0 radical (unpaired) electrons. The number of nitrogens with one attached hydrogen (secondary N) is 1. The Morgan fingerprint density at radius 1 is 1.17 bits per heavy atom. The zero-order valence-corrected chi connectivity index (χ0v) is 18.3. The quantitative estimate of drug-likeness (QED) is 0.646. The monoisotopic (exact) mass is 428 g/mol. The summed E-state index contributed by atoms with van der Waals surface area (Å²) >= 11 is 8.21. The number of carbonyl (C=O) groups excluding carboxylic acids is 1. The molecular formula is C22H25ClN4OS. The Labute approximate surface area is 180 Å². The maximum absolute atomic E-state index is 12.4. The zero-order chi connectivity index (χ0) is 20.4. The third-order valence-electron chi connectivity index (χ3n) is 5.39. The molecule has 1 aliphatic rings. The molecule has 1 fully saturated rings. The summed E-state index contributed by atoms with van der Waals surface area (Å²) in [4.78, 5) is 16.7. The van der Waals surface area contributed by atoms with Crippen LogP contribution in [0.15, 0.2) is 42.5 Å². The summed E-state index contributed by atoms with van der Waals surface area (Å²) in [5.41, 5.74) is 3.01. The highest BCUT2D eigenvalue weighted by Gasteiger charge is 2.24. The lowest BCUT2D eigenvalue weighted by molar-refractivity contribution is 0.0913. The second-order valence-electron chi connectivity index (χ2n) is 7.54. The summed E-state index contributed by atoms with van der Waals surface area (Å²) in [5.74, 6) is 0.0459. The normalized spacial score (nSPS) is 15.6. The van der Waals surface area contributed by atoms with E-state index >= 15 is 0 Å². The standard InChI is InChI=1S/C22H25ClN4OS/c1-15-8-9-20(29-15)22(28)24-17-10-12-26(13-11-17)14-19-16(2)25-27(21(19)23)18-6-4-3-5-7-18/h3-9,17H,10-14H2,1-2H3,(H,24,28). The molecule has 152 valence electrons. The summed E-state index contributed by atoms with van der Waals surface area (Å²) < 4.78 is 1.81. The van der Waals surface area contributed by atoms with Crippen LogP contribution in [0.5, 0.6) is 0 Å². The van der Waals surface area contributed by atoms with Gasteiger partial charge in [-0.05, 0) is 51.0 Å². The van der Waals surface area contributed by atoms with Crippen molar-refractivity contribution in [1.82, 2.24) is 20.0 Å². The van der Waals surface area contributed by atoms with E-state index in [2.05, 4.69) is 15.3 Å². The van der Waals surface area contributed by atoms with Crippen LogP contribution in [-0.2, 0) is 6.54 Å². The highest BCUT2D eigenvalue weighted by Crippen LogP contribution is 2.26. The van der Waals surface area contributed by atoms with Crippen molar-refractivity contribution in [1.29, 1.82) is 0 Å². The average Bonchev–Trinajstić information content (AvgIpc) is 3.28. The number of rotatable bonds is 5. The number of hydrogen-bond acceptors (Lipinski definition) is 4. The van der Waals surface area contributed by atoms with Gasteiger partial charge >= 0.3 is 0 Å². The van der Waals surface area contributed by atoms with Crippen molar-refractivity contribution in [2.24, 2.45) is 0 Å². The van der Waals surface area contributed by atoms with Crippen LogP contribution in [0.3, 0.4) is 0 Å². The van der Waals surface area contributed by atoms with Crippen LogP contribution < -0.4 is 5.32 Å². The zero-order valence-electron chi connectivity index (χ0n) is 16.7. The van der Waals surface area contributed by atoms with Crippen LogP contribution in [0, 0.1) is 13.8 Å². The summed E-state index contributed by atoms with van der Waals surface area (Å²) in [5, 5.41) is 8.50. The molecule has 1 amide bonds. The molecule has 1 aliphatic heterocycles. The topological polar surface area (TPSA) is 50.2 Å². The first-order chi connectivity index (χ1) is 14.0. The van der Waals surface area contributed by atoms with Crippen molar-refractivity contribution in [3.05, 3.63) is 68.6 Å².